The number of halogens is 1. The SMILES string of the molecule is O=C(CCNS(=O)(=O)c1ccc(Br)cc1)Nc1ccc2c(c1)nc1n2CCCCC1. The van der Waals surface area contributed by atoms with Crippen molar-refractivity contribution in [2.75, 3.05) is 11.9 Å². The highest BCUT2D eigenvalue weighted by atomic mass is 79.9. The third-order valence-corrected chi connectivity index (χ3v) is 7.17. The Balaban J connectivity index is 1.36. The number of aromatic nitrogens is 2. The quantitative estimate of drug-likeness (QED) is 0.548. The van der Waals surface area contributed by atoms with Gasteiger partial charge in [0.1, 0.15) is 5.82 Å². The number of sulfonamides is 1. The van der Waals surface area contributed by atoms with E-state index in [9.17, 15) is 13.2 Å². The van der Waals surface area contributed by atoms with E-state index in [0.29, 0.717) is 5.69 Å². The fraction of sp³-hybridized carbons (Fsp3) is 0.333. The summed E-state index contributed by atoms with van der Waals surface area (Å²) >= 11 is 3.28. The number of fused-ring (bicyclic) bond motifs is 3. The Kier molecular flexibility index (Phi) is 6.21. The van der Waals surface area contributed by atoms with Gasteiger partial charge in [-0.1, -0.05) is 22.4 Å². The summed E-state index contributed by atoms with van der Waals surface area (Å²) in [6.07, 6.45) is 4.56. The van der Waals surface area contributed by atoms with Crippen molar-refractivity contribution in [3.63, 3.8) is 0 Å². The van der Waals surface area contributed by atoms with Gasteiger partial charge in [0.05, 0.1) is 15.9 Å². The zero-order valence-corrected chi connectivity index (χ0v) is 18.8. The molecule has 0 atom stereocenters. The molecule has 0 saturated heterocycles. The maximum atomic E-state index is 12.3. The maximum Gasteiger partial charge on any atom is 0.240 e. The molecule has 158 valence electrons. The lowest BCUT2D eigenvalue weighted by molar-refractivity contribution is -0.116. The first kappa shape index (κ1) is 21.0. The molecule has 0 aliphatic carbocycles. The fourth-order valence-corrected chi connectivity index (χ4v) is 4.94. The molecular formula is C21H23BrN4O3S. The van der Waals surface area contributed by atoms with Crippen LogP contribution in [0, 0.1) is 0 Å². The van der Waals surface area contributed by atoms with Crippen LogP contribution in [0.15, 0.2) is 51.8 Å². The van der Waals surface area contributed by atoms with E-state index in [1.165, 1.54) is 18.6 Å². The summed E-state index contributed by atoms with van der Waals surface area (Å²) in [6.45, 7) is 1.00. The van der Waals surface area contributed by atoms with Crippen LogP contribution in [0.2, 0.25) is 0 Å². The minimum absolute atomic E-state index is 0.0191. The summed E-state index contributed by atoms with van der Waals surface area (Å²) in [6, 6.07) is 12.1. The minimum Gasteiger partial charge on any atom is -0.328 e. The number of carbonyl (C=O) groups is 1. The van der Waals surface area contributed by atoms with Crippen molar-refractivity contribution in [3.05, 3.63) is 52.8 Å². The summed E-state index contributed by atoms with van der Waals surface area (Å²) in [4.78, 5) is 17.2. The lowest BCUT2D eigenvalue weighted by Gasteiger charge is -2.08. The minimum atomic E-state index is -3.64. The van der Waals surface area contributed by atoms with Crippen LogP contribution in [0.3, 0.4) is 0 Å². The highest BCUT2D eigenvalue weighted by molar-refractivity contribution is 9.10. The second-order valence-corrected chi connectivity index (χ2v) is 10.0. The molecule has 0 fully saturated rings. The van der Waals surface area contributed by atoms with Crippen LogP contribution < -0.4 is 10.0 Å². The first-order valence-electron chi connectivity index (χ1n) is 9.97. The number of amides is 1. The highest BCUT2D eigenvalue weighted by Crippen LogP contribution is 2.24. The number of hydrogen-bond acceptors (Lipinski definition) is 4. The molecule has 0 unspecified atom stereocenters. The summed E-state index contributed by atoms with van der Waals surface area (Å²) in [7, 11) is -3.64. The smallest absolute Gasteiger partial charge is 0.240 e. The average Bonchev–Trinajstić information content (AvgIpc) is 2.88. The Morgan fingerprint density at radius 1 is 1.10 bits per heavy atom. The monoisotopic (exact) mass is 490 g/mol. The zero-order valence-electron chi connectivity index (χ0n) is 16.4. The van der Waals surface area contributed by atoms with Crippen LogP contribution >= 0.6 is 15.9 Å². The molecule has 0 spiro atoms. The third kappa shape index (κ3) is 4.74. The molecule has 9 heteroatoms. The van der Waals surface area contributed by atoms with Crippen LogP contribution in [0.4, 0.5) is 5.69 Å². The maximum absolute atomic E-state index is 12.3. The molecule has 1 aliphatic rings. The van der Waals surface area contributed by atoms with E-state index in [2.05, 4.69) is 30.5 Å². The largest absolute Gasteiger partial charge is 0.328 e. The average molecular weight is 491 g/mol. The number of nitrogens with zero attached hydrogens (tertiary/aromatic N) is 2. The number of hydrogen-bond donors (Lipinski definition) is 2. The molecule has 2 N–H and O–H groups in total. The van der Waals surface area contributed by atoms with Crippen LogP contribution in [0.5, 0.6) is 0 Å². The standard InChI is InChI=1S/C21H23BrN4O3S/c22-15-5-8-17(9-6-15)30(28,29)23-12-11-21(27)24-16-7-10-19-18(14-16)25-20-4-2-1-3-13-26(19)20/h5-10,14,23H,1-4,11-13H2,(H,24,27). The molecule has 30 heavy (non-hydrogen) atoms. The zero-order chi connectivity index (χ0) is 21.1. The number of rotatable bonds is 6. The van der Waals surface area contributed by atoms with Gasteiger partial charge in [0, 0.05) is 36.1 Å². The van der Waals surface area contributed by atoms with E-state index < -0.39 is 10.0 Å². The molecule has 3 aromatic rings. The van der Waals surface area contributed by atoms with Gasteiger partial charge in [0.15, 0.2) is 0 Å². The molecule has 1 amide bonds. The van der Waals surface area contributed by atoms with Crippen LogP contribution in [0.25, 0.3) is 11.0 Å². The number of nitrogens with one attached hydrogen (secondary N) is 2. The Labute approximate surface area is 184 Å². The molecule has 4 rings (SSSR count). The molecular weight excluding hydrogens is 468 g/mol. The van der Waals surface area contributed by atoms with Gasteiger partial charge in [-0.25, -0.2) is 18.1 Å². The van der Waals surface area contributed by atoms with Crippen molar-refractivity contribution < 1.29 is 13.2 Å². The van der Waals surface area contributed by atoms with E-state index in [4.69, 9.17) is 4.98 Å². The van der Waals surface area contributed by atoms with Crippen molar-refractivity contribution in [2.45, 2.75) is 43.5 Å². The normalized spacial score (nSPS) is 14.3. The van der Waals surface area contributed by atoms with Crippen molar-refractivity contribution in [1.82, 2.24) is 14.3 Å². The topological polar surface area (TPSA) is 93.1 Å². The predicted molar refractivity (Wildman–Crippen MR) is 120 cm³/mol. The van der Waals surface area contributed by atoms with Gasteiger partial charge in [-0.2, -0.15) is 0 Å². The second kappa shape index (κ2) is 8.87. The number of benzene rings is 2. The second-order valence-electron chi connectivity index (χ2n) is 7.34. The van der Waals surface area contributed by atoms with Crippen molar-refractivity contribution in [1.29, 1.82) is 0 Å². The van der Waals surface area contributed by atoms with Crippen LogP contribution in [-0.2, 0) is 27.8 Å². The Morgan fingerprint density at radius 2 is 1.90 bits per heavy atom. The van der Waals surface area contributed by atoms with Gasteiger partial charge in [-0.05, 0) is 55.3 Å². The predicted octanol–water partition coefficient (Wildman–Crippen LogP) is 3.83. The van der Waals surface area contributed by atoms with E-state index in [0.717, 1.165) is 47.1 Å². The summed E-state index contributed by atoms with van der Waals surface area (Å²) in [5.74, 6) is 0.849. The fourth-order valence-electron chi connectivity index (χ4n) is 3.65. The summed E-state index contributed by atoms with van der Waals surface area (Å²) < 4.78 is 30.1. The summed E-state index contributed by atoms with van der Waals surface area (Å²) in [5, 5.41) is 2.83. The van der Waals surface area contributed by atoms with E-state index in [1.54, 1.807) is 12.1 Å². The summed E-state index contributed by atoms with van der Waals surface area (Å²) in [5.41, 5.74) is 2.63. The molecule has 1 aromatic heterocycles. The number of imidazole rings is 1. The number of anilines is 1. The molecule has 1 aliphatic heterocycles. The van der Waals surface area contributed by atoms with E-state index >= 15 is 0 Å². The van der Waals surface area contributed by atoms with Gasteiger partial charge in [0.25, 0.3) is 0 Å². The lowest BCUT2D eigenvalue weighted by atomic mass is 10.2. The van der Waals surface area contributed by atoms with Gasteiger partial charge in [-0.3, -0.25) is 4.79 Å². The Hall–Kier alpha value is -2.23. The molecule has 2 heterocycles. The Bertz CT molecular complexity index is 1170. The van der Waals surface area contributed by atoms with E-state index in [1.807, 2.05) is 18.2 Å². The van der Waals surface area contributed by atoms with Crippen LogP contribution in [-0.4, -0.2) is 30.4 Å². The molecule has 0 saturated carbocycles. The van der Waals surface area contributed by atoms with Crippen molar-refractivity contribution >= 4 is 48.6 Å². The first-order chi connectivity index (χ1) is 14.4. The Morgan fingerprint density at radius 3 is 2.70 bits per heavy atom. The van der Waals surface area contributed by atoms with E-state index in [-0.39, 0.29) is 23.8 Å². The third-order valence-electron chi connectivity index (χ3n) is 5.16. The van der Waals surface area contributed by atoms with Crippen molar-refractivity contribution in [2.24, 2.45) is 0 Å². The van der Waals surface area contributed by atoms with Crippen LogP contribution in [0.1, 0.15) is 31.5 Å². The molecule has 0 radical (unpaired) electrons. The molecule has 7 nitrogen and oxygen atoms in total. The first-order valence-corrected chi connectivity index (χ1v) is 12.2. The van der Waals surface area contributed by atoms with Gasteiger partial charge < -0.3 is 9.88 Å². The lowest BCUT2D eigenvalue weighted by Crippen LogP contribution is -2.27. The van der Waals surface area contributed by atoms with Crippen molar-refractivity contribution in [3.8, 4) is 0 Å². The van der Waals surface area contributed by atoms with Gasteiger partial charge in [0.2, 0.25) is 15.9 Å². The highest BCUT2D eigenvalue weighted by Gasteiger charge is 2.16. The van der Waals surface area contributed by atoms with Gasteiger partial charge in [-0.15, -0.1) is 0 Å². The number of carbonyl (C=O) groups excluding carboxylic acids is 1. The molecule has 2 aromatic carbocycles. The number of aryl methyl sites for hydroxylation is 2. The van der Waals surface area contributed by atoms with Gasteiger partial charge >= 0.3 is 0 Å². The molecule has 0 bridgehead atoms.